The summed E-state index contributed by atoms with van der Waals surface area (Å²) in [7, 11) is 0. The molecule has 124 valence electrons. The van der Waals surface area contributed by atoms with Crippen molar-refractivity contribution in [2.24, 2.45) is 10.5 Å². The summed E-state index contributed by atoms with van der Waals surface area (Å²) < 4.78 is 5.05. The highest BCUT2D eigenvalue weighted by molar-refractivity contribution is 6.01. The van der Waals surface area contributed by atoms with Crippen LogP contribution in [0, 0.1) is 16.7 Å². The minimum absolute atomic E-state index is 0.0107. The lowest BCUT2D eigenvalue weighted by atomic mass is 9.81. The molecule has 2 atom stereocenters. The zero-order valence-corrected chi connectivity index (χ0v) is 13.1. The van der Waals surface area contributed by atoms with Crippen molar-refractivity contribution in [3.05, 3.63) is 10.4 Å². The summed E-state index contributed by atoms with van der Waals surface area (Å²) in [6.45, 7) is 5.00. The lowest BCUT2D eigenvalue weighted by Gasteiger charge is -2.31. The molecule has 2 amide bonds. The molecule has 0 spiro atoms. The van der Waals surface area contributed by atoms with Crippen molar-refractivity contribution in [1.29, 1.82) is 5.26 Å². The molecule has 0 bridgehead atoms. The molecule has 1 fully saturated rings. The molecule has 0 saturated carbocycles. The van der Waals surface area contributed by atoms with Crippen LogP contribution in [0.4, 0.5) is 4.79 Å². The lowest BCUT2D eigenvalue weighted by Crippen LogP contribution is -2.37. The second-order valence-corrected chi connectivity index (χ2v) is 5.73. The van der Waals surface area contributed by atoms with Gasteiger partial charge in [-0.2, -0.15) is 5.26 Å². The Morgan fingerprint density at radius 3 is 2.52 bits per heavy atom. The third kappa shape index (κ3) is 4.86. The van der Waals surface area contributed by atoms with Gasteiger partial charge in [0.2, 0.25) is 0 Å². The van der Waals surface area contributed by atoms with Gasteiger partial charge in [-0.25, -0.2) is 4.79 Å². The molecule has 1 heterocycles. The van der Waals surface area contributed by atoms with Crippen LogP contribution in [0.5, 0.6) is 0 Å². The van der Waals surface area contributed by atoms with E-state index in [-0.39, 0.29) is 19.3 Å². The van der Waals surface area contributed by atoms with E-state index < -0.39 is 35.5 Å². The summed E-state index contributed by atoms with van der Waals surface area (Å²) in [5, 5.41) is 12.6. The molecule has 0 aromatic rings. The van der Waals surface area contributed by atoms with E-state index >= 15 is 0 Å². The van der Waals surface area contributed by atoms with Crippen LogP contribution in [-0.2, 0) is 19.2 Å². The third-order valence-electron chi connectivity index (χ3n) is 3.60. The average molecular weight is 323 g/mol. The van der Waals surface area contributed by atoms with Gasteiger partial charge in [0.1, 0.15) is 12.1 Å². The van der Waals surface area contributed by atoms with Gasteiger partial charge in [-0.15, -0.1) is 0 Å². The van der Waals surface area contributed by atoms with Crippen LogP contribution in [0.25, 0.3) is 10.4 Å². The molecule has 1 aliphatic rings. The quantitative estimate of drug-likeness (QED) is 0.241. The van der Waals surface area contributed by atoms with E-state index in [0.717, 1.165) is 0 Å². The monoisotopic (exact) mass is 323 g/mol. The minimum Gasteiger partial charge on any atom is -0.429 e. The SMILES string of the molecule is CC(OC(=O)ON1C(=O)CCC1=O)C(C)(C)CC(C#N)N=[N+]=[N-]. The van der Waals surface area contributed by atoms with Gasteiger partial charge in [0.05, 0.1) is 6.07 Å². The number of carbonyl (C=O) groups excluding carboxylic acids is 3. The highest BCUT2D eigenvalue weighted by Crippen LogP contribution is 2.30. The average Bonchev–Trinajstić information content (AvgIpc) is 2.78. The number of hydrogen-bond acceptors (Lipinski definition) is 7. The second kappa shape index (κ2) is 7.47. The number of carbonyl (C=O) groups is 3. The molecular formula is C13H17N5O5. The minimum atomic E-state index is -1.19. The molecule has 0 aromatic heterocycles. The topological polar surface area (TPSA) is 145 Å². The third-order valence-corrected chi connectivity index (χ3v) is 3.60. The highest BCUT2D eigenvalue weighted by atomic mass is 16.8. The number of rotatable bonds is 6. The van der Waals surface area contributed by atoms with E-state index in [1.807, 2.05) is 6.07 Å². The van der Waals surface area contributed by atoms with Crippen molar-refractivity contribution in [3.63, 3.8) is 0 Å². The fraction of sp³-hybridized carbons (Fsp3) is 0.692. The maximum atomic E-state index is 11.7. The molecular weight excluding hydrogens is 306 g/mol. The van der Waals surface area contributed by atoms with Gasteiger partial charge >= 0.3 is 6.16 Å². The Morgan fingerprint density at radius 2 is 2.04 bits per heavy atom. The lowest BCUT2D eigenvalue weighted by molar-refractivity contribution is -0.179. The number of nitriles is 1. The molecule has 10 heteroatoms. The molecule has 0 aromatic carbocycles. The molecule has 23 heavy (non-hydrogen) atoms. The number of imide groups is 1. The highest BCUT2D eigenvalue weighted by Gasteiger charge is 2.36. The van der Waals surface area contributed by atoms with E-state index in [0.29, 0.717) is 5.06 Å². The Morgan fingerprint density at radius 1 is 1.48 bits per heavy atom. The number of ether oxygens (including phenoxy) is 1. The molecule has 0 aliphatic carbocycles. The largest absolute Gasteiger partial charge is 0.534 e. The Bertz CT molecular complexity index is 574. The first-order chi connectivity index (χ1) is 10.7. The molecule has 1 rings (SSSR count). The van der Waals surface area contributed by atoms with Crippen molar-refractivity contribution in [3.8, 4) is 6.07 Å². The van der Waals surface area contributed by atoms with Gasteiger partial charge in [-0.3, -0.25) is 14.4 Å². The van der Waals surface area contributed by atoms with Crippen LogP contribution < -0.4 is 0 Å². The van der Waals surface area contributed by atoms with Crippen molar-refractivity contribution in [1.82, 2.24) is 5.06 Å². The predicted molar refractivity (Wildman–Crippen MR) is 75.1 cm³/mol. The van der Waals surface area contributed by atoms with E-state index in [1.165, 1.54) is 0 Å². The summed E-state index contributed by atoms with van der Waals surface area (Å²) >= 11 is 0. The summed E-state index contributed by atoms with van der Waals surface area (Å²) in [6, 6.07) is 0.944. The second-order valence-electron chi connectivity index (χ2n) is 5.73. The van der Waals surface area contributed by atoms with Crippen LogP contribution in [0.15, 0.2) is 5.11 Å². The van der Waals surface area contributed by atoms with Gasteiger partial charge in [0.25, 0.3) is 11.8 Å². The zero-order valence-electron chi connectivity index (χ0n) is 13.1. The first-order valence-corrected chi connectivity index (χ1v) is 6.89. The molecule has 10 nitrogen and oxygen atoms in total. The number of hydrogen-bond donors (Lipinski definition) is 0. The Balaban J connectivity index is 2.62. The standard InChI is InChI=1S/C13H17N5O5/c1-8(13(2,3)6-9(7-14)16-17-15)22-12(21)23-18-10(19)4-5-11(18)20/h8-9H,4-6H2,1-3H3. The van der Waals surface area contributed by atoms with Crippen LogP contribution in [-0.4, -0.2) is 35.2 Å². The number of hydroxylamine groups is 2. The van der Waals surface area contributed by atoms with Gasteiger partial charge < -0.3 is 4.74 Å². The number of amides is 2. The van der Waals surface area contributed by atoms with Gasteiger partial charge in [0.15, 0.2) is 0 Å². The summed E-state index contributed by atoms with van der Waals surface area (Å²) in [5.41, 5.74) is 7.69. The fourth-order valence-corrected chi connectivity index (χ4v) is 1.90. The number of azide groups is 1. The number of nitrogens with zero attached hydrogens (tertiary/aromatic N) is 5. The van der Waals surface area contributed by atoms with Crippen molar-refractivity contribution >= 4 is 18.0 Å². The van der Waals surface area contributed by atoms with Crippen LogP contribution in [0.2, 0.25) is 0 Å². The van der Waals surface area contributed by atoms with E-state index in [9.17, 15) is 14.4 Å². The smallest absolute Gasteiger partial charge is 0.429 e. The van der Waals surface area contributed by atoms with E-state index in [2.05, 4.69) is 14.9 Å². The van der Waals surface area contributed by atoms with Crippen molar-refractivity contribution < 1.29 is 24.0 Å². The van der Waals surface area contributed by atoms with Gasteiger partial charge in [-0.05, 0) is 18.9 Å². The molecule has 1 saturated heterocycles. The predicted octanol–water partition coefficient (Wildman–Crippen LogP) is 2.21. The van der Waals surface area contributed by atoms with Crippen LogP contribution >= 0.6 is 0 Å². The summed E-state index contributed by atoms with van der Waals surface area (Å²) in [4.78, 5) is 41.6. The molecule has 1 aliphatic heterocycles. The van der Waals surface area contributed by atoms with Gasteiger partial charge in [-0.1, -0.05) is 24.0 Å². The van der Waals surface area contributed by atoms with Gasteiger partial charge in [0, 0.05) is 23.2 Å². The van der Waals surface area contributed by atoms with Crippen molar-refractivity contribution in [2.75, 3.05) is 0 Å². The fourth-order valence-electron chi connectivity index (χ4n) is 1.90. The maximum Gasteiger partial charge on any atom is 0.534 e. The maximum absolute atomic E-state index is 11.7. The summed E-state index contributed by atoms with van der Waals surface area (Å²) in [5.74, 6) is -1.21. The van der Waals surface area contributed by atoms with E-state index in [4.69, 9.17) is 15.5 Å². The molecule has 0 N–H and O–H groups in total. The first-order valence-electron chi connectivity index (χ1n) is 6.89. The van der Waals surface area contributed by atoms with Crippen LogP contribution in [0.1, 0.15) is 40.0 Å². The Hall–Kier alpha value is -2.79. The molecule has 0 radical (unpaired) electrons. The van der Waals surface area contributed by atoms with E-state index in [1.54, 1.807) is 20.8 Å². The normalized spacial score (nSPS) is 17.0. The van der Waals surface area contributed by atoms with Crippen LogP contribution in [0.3, 0.4) is 0 Å². The Kier molecular flexibility index (Phi) is 5.93. The first kappa shape index (κ1) is 18.3. The summed E-state index contributed by atoms with van der Waals surface area (Å²) in [6.07, 6.45) is -1.77. The zero-order chi connectivity index (χ0) is 17.6. The van der Waals surface area contributed by atoms with Crippen molar-refractivity contribution in [2.45, 2.75) is 52.2 Å². The Labute approximate surface area is 132 Å². The molecule has 2 unspecified atom stereocenters.